The van der Waals surface area contributed by atoms with Crippen LogP contribution in [0, 0.1) is 23.7 Å². The standard InChI is InChI=1S/C61H51BN2/c1-32(2)38-14-11-15-39(33(3)4)55(38)63-50-22-10-9-20-48(50)62-49-21-12-19-45-56(49)64-57-46(59(45)36-28-34-27-35(30-36)31-37(59)29-34)24-23-41-52-40-13-5-6-16-42(40)60(52)43-17-7-8-18-44(43)61(60,53(41)57)47-25-26-51(63)54(62)58(47)64/h5-26,32-37,52H,27-31H2,1-4H3. The average Bonchev–Trinajstić information content (AvgIpc) is 3.50. The number of hydrogen-bond donors (Lipinski definition) is 0. The summed E-state index contributed by atoms with van der Waals surface area (Å²) < 4.78 is 0. The van der Waals surface area contributed by atoms with E-state index in [4.69, 9.17) is 0 Å². The maximum Gasteiger partial charge on any atom is 0.252 e. The topological polar surface area (TPSA) is 6.48 Å². The van der Waals surface area contributed by atoms with E-state index in [2.05, 4.69) is 171 Å². The first-order valence-corrected chi connectivity index (χ1v) is 24.9. The highest BCUT2D eigenvalue weighted by atomic mass is 15.2. The van der Waals surface area contributed by atoms with Crippen molar-refractivity contribution in [1.29, 1.82) is 0 Å². The van der Waals surface area contributed by atoms with Crippen LogP contribution in [0.4, 0.5) is 34.1 Å². The molecule has 11 aliphatic rings. The Morgan fingerprint density at radius 1 is 0.469 bits per heavy atom. The first-order valence-electron chi connectivity index (χ1n) is 24.9. The van der Waals surface area contributed by atoms with Crippen LogP contribution in [-0.4, -0.2) is 6.71 Å². The Kier molecular flexibility index (Phi) is 5.85. The lowest BCUT2D eigenvalue weighted by Crippen LogP contribution is -2.68. The Hall–Kier alpha value is -5.80. The average molecular weight is 823 g/mol. The van der Waals surface area contributed by atoms with E-state index in [-0.39, 0.29) is 23.0 Å². The molecule has 3 spiro atoms. The lowest BCUT2D eigenvalue weighted by molar-refractivity contribution is -0.0419. The van der Waals surface area contributed by atoms with E-state index in [9.17, 15) is 0 Å². The minimum Gasteiger partial charge on any atom is -0.311 e. The second kappa shape index (κ2) is 10.8. The van der Waals surface area contributed by atoms with Crippen LogP contribution in [0.25, 0.3) is 0 Å². The van der Waals surface area contributed by atoms with Crippen molar-refractivity contribution < 1.29 is 0 Å². The molecule has 18 rings (SSSR count). The van der Waals surface area contributed by atoms with E-state index in [1.54, 1.807) is 61.4 Å². The summed E-state index contributed by atoms with van der Waals surface area (Å²) in [6.45, 7) is 9.68. The number of nitrogens with zero attached hydrogens (tertiary/aromatic N) is 2. The Morgan fingerprint density at radius 3 is 1.86 bits per heavy atom. The van der Waals surface area contributed by atoms with Gasteiger partial charge in [0.15, 0.2) is 0 Å². The molecule has 3 heteroatoms. The molecule has 0 radical (unpaired) electrons. The Labute approximate surface area is 377 Å². The molecule has 3 atom stereocenters. The highest BCUT2D eigenvalue weighted by molar-refractivity contribution is 7.00. The van der Waals surface area contributed by atoms with Crippen molar-refractivity contribution in [2.45, 2.75) is 93.8 Å². The molecule has 0 N–H and O–H groups in total. The first-order chi connectivity index (χ1) is 31.4. The van der Waals surface area contributed by atoms with Gasteiger partial charge < -0.3 is 9.80 Å². The second-order valence-corrected chi connectivity index (χ2v) is 22.6. The zero-order valence-electron chi connectivity index (χ0n) is 37.3. The van der Waals surface area contributed by atoms with Gasteiger partial charge >= 0.3 is 0 Å². The monoisotopic (exact) mass is 822 g/mol. The van der Waals surface area contributed by atoms with Crippen molar-refractivity contribution in [2.75, 3.05) is 9.80 Å². The zero-order chi connectivity index (χ0) is 41.9. The third-order valence-corrected chi connectivity index (χ3v) is 19.9. The molecule has 4 fully saturated rings. The fraction of sp³-hybridized carbons (Fsp3) is 0.311. The molecule has 4 heterocycles. The summed E-state index contributed by atoms with van der Waals surface area (Å²) in [6, 6.07) is 54.5. The number of benzene rings is 7. The molecule has 4 saturated carbocycles. The molecule has 308 valence electrons. The Morgan fingerprint density at radius 2 is 1.09 bits per heavy atom. The van der Waals surface area contributed by atoms with Crippen molar-refractivity contribution in [2.24, 2.45) is 23.7 Å². The van der Waals surface area contributed by atoms with Gasteiger partial charge in [0.2, 0.25) is 0 Å². The maximum absolute atomic E-state index is 2.96. The lowest BCUT2D eigenvalue weighted by Gasteiger charge is -2.69. The molecule has 0 aromatic heterocycles. The molecule has 4 bridgehead atoms. The Balaban J connectivity index is 1.07. The van der Waals surface area contributed by atoms with Crippen LogP contribution in [-0.2, 0) is 16.2 Å². The van der Waals surface area contributed by atoms with Crippen molar-refractivity contribution in [1.82, 2.24) is 0 Å². The minimum absolute atomic E-state index is 0.0287. The van der Waals surface area contributed by atoms with Gasteiger partial charge in [0, 0.05) is 39.5 Å². The molecule has 7 aliphatic carbocycles. The van der Waals surface area contributed by atoms with Crippen LogP contribution in [0.1, 0.15) is 139 Å². The van der Waals surface area contributed by atoms with Crippen LogP contribution in [0.3, 0.4) is 0 Å². The molecule has 0 amide bonds. The fourth-order valence-corrected chi connectivity index (χ4v) is 18.5. The van der Waals surface area contributed by atoms with Gasteiger partial charge in [0.1, 0.15) is 0 Å². The van der Waals surface area contributed by atoms with Crippen LogP contribution < -0.4 is 26.2 Å². The van der Waals surface area contributed by atoms with Crippen LogP contribution in [0.2, 0.25) is 0 Å². The molecule has 0 saturated heterocycles. The molecule has 64 heavy (non-hydrogen) atoms. The number of hydrogen-bond acceptors (Lipinski definition) is 2. The van der Waals surface area contributed by atoms with Gasteiger partial charge in [-0.1, -0.05) is 149 Å². The van der Waals surface area contributed by atoms with E-state index in [1.165, 1.54) is 82.4 Å². The number of anilines is 6. The summed E-state index contributed by atoms with van der Waals surface area (Å²) in [5.74, 6) is 4.26. The number of rotatable bonds is 3. The summed E-state index contributed by atoms with van der Waals surface area (Å²) in [5.41, 5.74) is 30.1. The van der Waals surface area contributed by atoms with Crippen LogP contribution in [0.15, 0.2) is 133 Å². The minimum atomic E-state index is -0.272. The van der Waals surface area contributed by atoms with E-state index in [0.29, 0.717) is 29.6 Å². The summed E-state index contributed by atoms with van der Waals surface area (Å²) in [7, 11) is 0. The van der Waals surface area contributed by atoms with E-state index >= 15 is 0 Å². The molecule has 4 aliphatic heterocycles. The van der Waals surface area contributed by atoms with Gasteiger partial charge in [-0.15, -0.1) is 0 Å². The quantitative estimate of drug-likeness (QED) is 0.164. The fourth-order valence-electron chi connectivity index (χ4n) is 18.5. The molecule has 3 unspecified atom stereocenters. The molecular weight excluding hydrogens is 771 g/mol. The number of fused-ring (bicyclic) bond motifs is 7. The molecule has 2 nitrogen and oxygen atoms in total. The lowest BCUT2D eigenvalue weighted by atomic mass is 9.30. The van der Waals surface area contributed by atoms with Gasteiger partial charge in [0.25, 0.3) is 6.71 Å². The summed E-state index contributed by atoms with van der Waals surface area (Å²) in [6.07, 6.45) is 7.02. The predicted molar refractivity (Wildman–Crippen MR) is 262 cm³/mol. The van der Waals surface area contributed by atoms with Crippen LogP contribution >= 0.6 is 0 Å². The third kappa shape index (κ3) is 3.23. The first kappa shape index (κ1) is 34.6. The highest BCUT2D eigenvalue weighted by Gasteiger charge is 2.81. The third-order valence-electron chi connectivity index (χ3n) is 19.9. The van der Waals surface area contributed by atoms with Gasteiger partial charge in [-0.25, -0.2) is 0 Å². The zero-order valence-corrected chi connectivity index (χ0v) is 37.3. The summed E-state index contributed by atoms with van der Waals surface area (Å²) >= 11 is 0. The van der Waals surface area contributed by atoms with Gasteiger partial charge in [0.05, 0.1) is 16.8 Å². The predicted octanol–water partition coefficient (Wildman–Crippen LogP) is 12.5. The van der Waals surface area contributed by atoms with Gasteiger partial charge in [-0.2, -0.15) is 0 Å². The largest absolute Gasteiger partial charge is 0.311 e. The maximum atomic E-state index is 2.96. The van der Waals surface area contributed by atoms with Crippen molar-refractivity contribution >= 4 is 57.2 Å². The van der Waals surface area contributed by atoms with Gasteiger partial charge in [-0.3, -0.25) is 0 Å². The van der Waals surface area contributed by atoms with E-state index < -0.39 is 0 Å². The van der Waals surface area contributed by atoms with Gasteiger partial charge in [-0.05, 0) is 157 Å². The second-order valence-electron chi connectivity index (χ2n) is 22.6. The summed E-state index contributed by atoms with van der Waals surface area (Å²) in [5, 5.41) is 0. The van der Waals surface area contributed by atoms with Crippen molar-refractivity contribution in [3.05, 3.63) is 195 Å². The highest BCUT2D eigenvalue weighted by Crippen LogP contribution is 2.85. The van der Waals surface area contributed by atoms with Crippen molar-refractivity contribution in [3.63, 3.8) is 0 Å². The summed E-state index contributed by atoms with van der Waals surface area (Å²) in [4.78, 5) is 5.70. The smallest absolute Gasteiger partial charge is 0.252 e. The van der Waals surface area contributed by atoms with Crippen molar-refractivity contribution in [3.8, 4) is 0 Å². The number of para-hydroxylation sites is 3. The molecular formula is C61H51BN2. The molecule has 7 aromatic carbocycles. The SMILES string of the molecule is CC(C)c1cccc(C(C)C)c1N1c2ccccc2B2c3cccc4c3N3c5c(ccc1c52)C12c5ccccc5C15c1ccccc1C5c1ccc(c3c12)C41C2CC3CC(C2)CC1C3. The van der Waals surface area contributed by atoms with E-state index in [1.807, 2.05) is 0 Å². The van der Waals surface area contributed by atoms with E-state index in [0.717, 1.165) is 11.8 Å². The normalized spacial score (nSPS) is 30.4. The Bertz CT molecular complexity index is 3320. The molecule has 7 aromatic rings. The van der Waals surface area contributed by atoms with Crippen LogP contribution in [0.5, 0.6) is 0 Å².